The average Bonchev–Trinajstić information content (AvgIpc) is 2.30. The maximum absolute atomic E-state index is 3.19. The van der Waals surface area contributed by atoms with E-state index in [-0.39, 0.29) is 40.0 Å². The van der Waals surface area contributed by atoms with Crippen LogP contribution in [0.1, 0.15) is 0 Å². The van der Waals surface area contributed by atoms with Gasteiger partial charge >= 0.3 is 23.1 Å². The molecule has 0 radical (unpaired) electrons. The topological polar surface area (TPSA) is 3.24 Å². The standard InChI is InChI=1S/C13H12N.BrH.Mg/c1-14(12-8-4-2-5-9-12)13-10-6-3-7-11-13;;/h2-10H,1H3;1H;/q-1;;+2/p-1. The van der Waals surface area contributed by atoms with E-state index in [0.717, 1.165) is 5.69 Å². The zero-order chi connectivity index (χ0) is 9.80. The number of para-hydroxylation sites is 2. The van der Waals surface area contributed by atoms with Crippen LogP contribution in [0.25, 0.3) is 0 Å². The Morgan fingerprint density at radius 1 is 0.938 bits per heavy atom. The second kappa shape index (κ2) is 7.71. The summed E-state index contributed by atoms with van der Waals surface area (Å²) >= 11 is 0. The van der Waals surface area contributed by atoms with E-state index < -0.39 is 0 Å². The molecule has 0 spiro atoms. The summed E-state index contributed by atoms with van der Waals surface area (Å²) in [5.41, 5.74) is 2.26. The van der Waals surface area contributed by atoms with Gasteiger partial charge in [-0.05, 0) is 12.1 Å². The van der Waals surface area contributed by atoms with Crippen LogP contribution >= 0.6 is 0 Å². The SMILES string of the molecule is CN(c1[c-]cccc1)c1ccccc1.[Br-].[Mg+2]. The van der Waals surface area contributed by atoms with Crippen molar-refractivity contribution in [1.82, 2.24) is 0 Å². The molecule has 16 heavy (non-hydrogen) atoms. The molecule has 0 aliphatic heterocycles. The van der Waals surface area contributed by atoms with Gasteiger partial charge in [-0.15, -0.1) is 6.07 Å². The molecule has 0 atom stereocenters. The molecular formula is C13H12BrMgN. The molecule has 1 nitrogen and oxygen atoms in total. The summed E-state index contributed by atoms with van der Waals surface area (Å²) < 4.78 is 0. The Hall–Kier alpha value is -0.514. The van der Waals surface area contributed by atoms with Crippen LogP contribution in [-0.2, 0) is 0 Å². The zero-order valence-electron chi connectivity index (χ0n) is 9.23. The number of halogens is 1. The van der Waals surface area contributed by atoms with Crippen LogP contribution in [0.3, 0.4) is 0 Å². The summed E-state index contributed by atoms with van der Waals surface area (Å²) in [6, 6.07) is 21.4. The first-order valence-electron chi connectivity index (χ1n) is 4.63. The monoisotopic (exact) mass is 285 g/mol. The van der Waals surface area contributed by atoms with E-state index in [0.29, 0.717) is 0 Å². The minimum atomic E-state index is 0. The van der Waals surface area contributed by atoms with Crippen LogP contribution in [-0.4, -0.2) is 30.1 Å². The van der Waals surface area contributed by atoms with Gasteiger partial charge in [0, 0.05) is 12.7 Å². The Bertz CT molecular complexity index is 352. The summed E-state index contributed by atoms with van der Waals surface area (Å²) in [4.78, 5) is 2.11. The minimum absolute atomic E-state index is 0. The van der Waals surface area contributed by atoms with Crippen molar-refractivity contribution in [1.29, 1.82) is 0 Å². The van der Waals surface area contributed by atoms with Crippen LogP contribution in [0.4, 0.5) is 11.4 Å². The largest absolute Gasteiger partial charge is 2.00 e. The number of nitrogens with zero attached hydrogens (tertiary/aromatic N) is 1. The van der Waals surface area contributed by atoms with Gasteiger partial charge in [-0.3, -0.25) is 0 Å². The summed E-state index contributed by atoms with van der Waals surface area (Å²) in [5, 5.41) is 0. The smallest absolute Gasteiger partial charge is 1.00 e. The van der Waals surface area contributed by atoms with Crippen molar-refractivity contribution in [2.75, 3.05) is 11.9 Å². The molecule has 78 valence electrons. The second-order valence-corrected chi connectivity index (χ2v) is 3.14. The fraction of sp³-hybridized carbons (Fsp3) is 0.0769. The van der Waals surface area contributed by atoms with E-state index in [1.54, 1.807) is 0 Å². The van der Waals surface area contributed by atoms with Crippen molar-refractivity contribution >= 4 is 34.4 Å². The molecule has 0 N–H and O–H groups in total. The number of benzene rings is 2. The Kier molecular flexibility index (Phi) is 7.46. The fourth-order valence-electron chi connectivity index (χ4n) is 1.38. The van der Waals surface area contributed by atoms with Gasteiger partial charge < -0.3 is 21.9 Å². The maximum atomic E-state index is 3.19. The number of hydrogen-bond acceptors (Lipinski definition) is 1. The molecule has 0 amide bonds. The first-order valence-corrected chi connectivity index (χ1v) is 4.63. The molecule has 0 aliphatic carbocycles. The third kappa shape index (κ3) is 3.81. The first kappa shape index (κ1) is 15.5. The Morgan fingerprint density at radius 2 is 1.56 bits per heavy atom. The van der Waals surface area contributed by atoms with Crippen LogP contribution in [0.5, 0.6) is 0 Å². The van der Waals surface area contributed by atoms with E-state index in [9.17, 15) is 0 Å². The molecular weight excluding hydrogens is 274 g/mol. The molecule has 0 aliphatic rings. The molecule has 0 heterocycles. The van der Waals surface area contributed by atoms with Crippen LogP contribution in [0.2, 0.25) is 0 Å². The molecule has 3 heteroatoms. The van der Waals surface area contributed by atoms with Crippen molar-refractivity contribution in [2.45, 2.75) is 0 Å². The quantitative estimate of drug-likeness (QED) is 0.549. The number of hydrogen-bond donors (Lipinski definition) is 0. The Morgan fingerprint density at radius 3 is 2.12 bits per heavy atom. The van der Waals surface area contributed by atoms with E-state index >= 15 is 0 Å². The van der Waals surface area contributed by atoms with Crippen LogP contribution in [0.15, 0.2) is 54.6 Å². The van der Waals surface area contributed by atoms with E-state index in [4.69, 9.17) is 0 Å². The second-order valence-electron chi connectivity index (χ2n) is 3.14. The van der Waals surface area contributed by atoms with E-state index in [1.165, 1.54) is 5.69 Å². The van der Waals surface area contributed by atoms with Crippen molar-refractivity contribution in [2.24, 2.45) is 0 Å². The van der Waals surface area contributed by atoms with E-state index in [2.05, 4.69) is 23.1 Å². The fourth-order valence-corrected chi connectivity index (χ4v) is 1.38. The first-order chi connectivity index (χ1) is 6.88. The number of anilines is 2. The van der Waals surface area contributed by atoms with Gasteiger partial charge in [0.15, 0.2) is 0 Å². The minimum Gasteiger partial charge on any atom is -1.00 e. The summed E-state index contributed by atoms with van der Waals surface area (Å²) in [5.74, 6) is 0. The van der Waals surface area contributed by atoms with Crippen molar-refractivity contribution in [3.05, 3.63) is 60.7 Å². The molecule has 0 aromatic heterocycles. The Labute approximate surface area is 123 Å². The summed E-state index contributed by atoms with van der Waals surface area (Å²) in [7, 11) is 2.04. The summed E-state index contributed by atoms with van der Waals surface area (Å²) in [6.07, 6.45) is 0. The van der Waals surface area contributed by atoms with Gasteiger partial charge in [0.1, 0.15) is 0 Å². The van der Waals surface area contributed by atoms with Crippen LogP contribution in [0, 0.1) is 6.07 Å². The molecule has 0 bridgehead atoms. The molecule has 2 rings (SSSR count). The van der Waals surface area contributed by atoms with Gasteiger partial charge in [-0.1, -0.05) is 23.9 Å². The molecule has 0 fully saturated rings. The Balaban J connectivity index is 0.00000112. The van der Waals surface area contributed by atoms with Crippen molar-refractivity contribution in [3.8, 4) is 0 Å². The average molecular weight is 286 g/mol. The molecule has 0 saturated carbocycles. The predicted octanol–water partition coefficient (Wildman–Crippen LogP) is -0.122. The molecule has 2 aromatic carbocycles. The van der Waals surface area contributed by atoms with Gasteiger partial charge in [-0.25, -0.2) is 0 Å². The van der Waals surface area contributed by atoms with Gasteiger partial charge in [0.2, 0.25) is 0 Å². The van der Waals surface area contributed by atoms with Gasteiger partial charge in [0.25, 0.3) is 0 Å². The zero-order valence-corrected chi connectivity index (χ0v) is 12.2. The van der Waals surface area contributed by atoms with Crippen molar-refractivity contribution in [3.63, 3.8) is 0 Å². The van der Waals surface area contributed by atoms with Crippen molar-refractivity contribution < 1.29 is 17.0 Å². The normalized spacial score (nSPS) is 8.56. The third-order valence-electron chi connectivity index (χ3n) is 2.20. The van der Waals surface area contributed by atoms with Gasteiger partial charge in [-0.2, -0.15) is 24.3 Å². The molecule has 0 saturated heterocycles. The van der Waals surface area contributed by atoms with Gasteiger partial charge in [0.05, 0.1) is 0 Å². The number of rotatable bonds is 2. The molecule has 2 aromatic rings. The van der Waals surface area contributed by atoms with Crippen LogP contribution < -0.4 is 21.9 Å². The summed E-state index contributed by atoms with van der Waals surface area (Å²) in [6.45, 7) is 0. The third-order valence-corrected chi connectivity index (χ3v) is 2.20. The maximum Gasteiger partial charge on any atom is 2.00 e. The van der Waals surface area contributed by atoms with E-state index in [1.807, 2.05) is 49.5 Å². The predicted molar refractivity (Wildman–Crippen MR) is 65.5 cm³/mol. The molecule has 0 unspecified atom stereocenters.